The summed E-state index contributed by atoms with van der Waals surface area (Å²) in [4.78, 5) is 9.79. The minimum Gasteiger partial charge on any atom is -0.285 e. The maximum atomic E-state index is 11.9. The second-order valence-electron chi connectivity index (χ2n) is 7.35. The van der Waals surface area contributed by atoms with E-state index in [0.29, 0.717) is 17.0 Å². The van der Waals surface area contributed by atoms with E-state index in [4.69, 9.17) is 9.97 Å². The van der Waals surface area contributed by atoms with Crippen LogP contribution in [-0.2, 0) is 10.1 Å². The molecule has 0 amide bonds. The minimum atomic E-state index is -4.26. The highest BCUT2D eigenvalue weighted by molar-refractivity contribution is 7.86. The summed E-state index contributed by atoms with van der Waals surface area (Å²) in [6.45, 7) is 5.28. The Morgan fingerprint density at radius 3 is 2.20 bits per heavy atom. The zero-order chi connectivity index (χ0) is 21.0. The Labute approximate surface area is 174 Å². The van der Waals surface area contributed by atoms with E-state index in [1.807, 2.05) is 48.5 Å². The van der Waals surface area contributed by atoms with Crippen molar-refractivity contribution in [2.24, 2.45) is 0 Å². The Bertz CT molecular complexity index is 1500. The number of fused-ring (bicyclic) bond motifs is 5. The molecule has 0 aliphatic heterocycles. The van der Waals surface area contributed by atoms with Crippen LogP contribution in [-0.4, -0.2) is 22.9 Å². The number of nitrogens with zero attached hydrogens (tertiary/aromatic N) is 2. The smallest absolute Gasteiger partial charge is 0.271 e. The fourth-order valence-electron chi connectivity index (χ4n) is 4.08. The molecule has 3 aromatic carbocycles. The van der Waals surface area contributed by atoms with Crippen molar-refractivity contribution in [1.82, 2.24) is 9.97 Å². The normalized spacial score (nSPS) is 15.3. The van der Waals surface area contributed by atoms with Crippen LogP contribution in [0.5, 0.6) is 0 Å². The number of benzene rings is 3. The third-order valence-corrected chi connectivity index (χ3v) is 6.72. The van der Waals surface area contributed by atoms with Crippen LogP contribution < -0.4 is 0 Å². The number of hydrogen-bond acceptors (Lipinski definition) is 4. The fourth-order valence-corrected chi connectivity index (χ4v) is 4.60. The predicted octanol–water partition coefficient (Wildman–Crippen LogP) is 5.33. The summed E-state index contributed by atoms with van der Waals surface area (Å²) in [5.41, 5.74) is 5.70. The summed E-state index contributed by atoms with van der Waals surface area (Å²) in [6.07, 6.45) is 3.46. The zero-order valence-corrected chi connectivity index (χ0v) is 17.0. The van der Waals surface area contributed by atoms with Crippen molar-refractivity contribution in [2.75, 3.05) is 0 Å². The minimum absolute atomic E-state index is 0.511. The molecule has 1 N–H and O–H groups in total. The van der Waals surface area contributed by atoms with Gasteiger partial charge in [-0.25, -0.2) is 9.97 Å². The maximum Gasteiger partial charge on any atom is 0.271 e. The zero-order valence-electron chi connectivity index (χ0n) is 16.2. The first kappa shape index (κ1) is 18.7. The van der Waals surface area contributed by atoms with Crippen LogP contribution in [0.25, 0.3) is 38.6 Å². The van der Waals surface area contributed by atoms with Gasteiger partial charge >= 0.3 is 0 Å². The van der Waals surface area contributed by atoms with Crippen molar-refractivity contribution >= 4 is 37.5 Å². The Kier molecular flexibility index (Phi) is 4.10. The highest BCUT2D eigenvalue weighted by Crippen LogP contribution is 2.46. The lowest BCUT2D eigenvalue weighted by Crippen LogP contribution is -2.10. The van der Waals surface area contributed by atoms with Crippen molar-refractivity contribution in [3.05, 3.63) is 90.1 Å². The van der Waals surface area contributed by atoms with Crippen LogP contribution in [0, 0.1) is 0 Å². The van der Waals surface area contributed by atoms with Crippen molar-refractivity contribution < 1.29 is 13.0 Å². The molecule has 1 unspecified atom stereocenters. The molecule has 5 nitrogen and oxygen atoms in total. The predicted molar refractivity (Wildman–Crippen MR) is 120 cm³/mol. The molecule has 6 heteroatoms. The lowest BCUT2D eigenvalue weighted by molar-refractivity contribution is 0.472. The van der Waals surface area contributed by atoms with Crippen LogP contribution in [0.15, 0.2) is 73.3 Å². The number of aromatic nitrogens is 2. The standard InChI is InChI=1S/C24H18N2O3S/c1-3-7-18-22-17(14(2)30(27,28)29)10-6-11-19(22)24-23(18)25-20-12-15-8-4-5-9-16(15)13-21(20)26-24/h3-14H,1H2,2H3,(H,27,28,29)/b18-7+. The lowest BCUT2D eigenvalue weighted by Gasteiger charge is -2.14. The number of allylic oxidation sites excluding steroid dienone is 2. The van der Waals surface area contributed by atoms with Gasteiger partial charge in [-0.1, -0.05) is 61.2 Å². The largest absolute Gasteiger partial charge is 0.285 e. The van der Waals surface area contributed by atoms with Gasteiger partial charge in [0.2, 0.25) is 0 Å². The average molecular weight is 414 g/mol. The van der Waals surface area contributed by atoms with Crippen molar-refractivity contribution in [2.45, 2.75) is 12.2 Å². The summed E-state index contributed by atoms with van der Waals surface area (Å²) in [7, 11) is -4.26. The Balaban J connectivity index is 1.84. The van der Waals surface area contributed by atoms with Gasteiger partial charge in [0.05, 0.1) is 22.4 Å². The Morgan fingerprint density at radius 1 is 0.967 bits per heavy atom. The first-order valence-electron chi connectivity index (χ1n) is 9.52. The van der Waals surface area contributed by atoms with E-state index >= 15 is 0 Å². The summed E-state index contributed by atoms with van der Waals surface area (Å²) in [5.74, 6) is 0. The first-order chi connectivity index (χ1) is 14.4. The molecule has 0 saturated heterocycles. The van der Waals surface area contributed by atoms with Gasteiger partial charge in [0.15, 0.2) is 0 Å². The highest BCUT2D eigenvalue weighted by Gasteiger charge is 2.33. The van der Waals surface area contributed by atoms with Gasteiger partial charge in [-0.15, -0.1) is 0 Å². The van der Waals surface area contributed by atoms with Crippen molar-refractivity contribution in [3.63, 3.8) is 0 Å². The Hall–Kier alpha value is -3.35. The third-order valence-electron chi connectivity index (χ3n) is 5.58. The van der Waals surface area contributed by atoms with E-state index in [9.17, 15) is 13.0 Å². The van der Waals surface area contributed by atoms with Gasteiger partial charge in [-0.05, 0) is 41.0 Å². The lowest BCUT2D eigenvalue weighted by atomic mass is 9.97. The van der Waals surface area contributed by atoms with Crippen LogP contribution in [0.1, 0.15) is 29.0 Å². The molecular formula is C24H18N2O3S. The van der Waals surface area contributed by atoms with E-state index in [1.165, 1.54) is 6.92 Å². The van der Waals surface area contributed by atoms with Gasteiger partial charge in [-0.2, -0.15) is 8.42 Å². The van der Waals surface area contributed by atoms with E-state index in [0.717, 1.165) is 38.5 Å². The van der Waals surface area contributed by atoms with Gasteiger partial charge in [0, 0.05) is 11.1 Å². The molecule has 1 aliphatic carbocycles. The number of rotatable bonds is 3. The summed E-state index contributed by atoms with van der Waals surface area (Å²) in [6, 6.07) is 17.5. The van der Waals surface area contributed by atoms with E-state index in [1.54, 1.807) is 18.2 Å². The van der Waals surface area contributed by atoms with Crippen LogP contribution in [0.3, 0.4) is 0 Å². The first-order valence-corrected chi connectivity index (χ1v) is 11.0. The molecule has 0 spiro atoms. The van der Waals surface area contributed by atoms with Crippen LogP contribution in [0.2, 0.25) is 0 Å². The molecule has 1 atom stereocenters. The van der Waals surface area contributed by atoms with Crippen LogP contribution in [0.4, 0.5) is 0 Å². The van der Waals surface area contributed by atoms with Crippen molar-refractivity contribution in [3.8, 4) is 11.3 Å². The summed E-state index contributed by atoms with van der Waals surface area (Å²) in [5, 5.41) is 1.07. The van der Waals surface area contributed by atoms with Crippen LogP contribution >= 0.6 is 0 Å². The molecule has 1 aromatic heterocycles. The molecule has 0 fully saturated rings. The molecule has 30 heavy (non-hydrogen) atoms. The molecule has 1 aliphatic rings. The SMILES string of the molecule is C=C/C=C1/c2nc3cc4ccccc4cc3nc2-c2cccc(C(C)S(=O)(=O)O)c21. The van der Waals surface area contributed by atoms with Gasteiger partial charge in [0.1, 0.15) is 5.25 Å². The van der Waals surface area contributed by atoms with E-state index < -0.39 is 15.4 Å². The molecule has 0 bridgehead atoms. The quantitative estimate of drug-likeness (QED) is 0.319. The fraction of sp³-hybridized carbons (Fsp3) is 0.0833. The summed E-state index contributed by atoms with van der Waals surface area (Å²) >= 11 is 0. The molecule has 1 heterocycles. The average Bonchev–Trinajstić information content (AvgIpc) is 3.02. The highest BCUT2D eigenvalue weighted by atomic mass is 32.2. The molecule has 0 saturated carbocycles. The molecule has 4 aromatic rings. The second-order valence-corrected chi connectivity index (χ2v) is 9.09. The van der Waals surface area contributed by atoms with Gasteiger partial charge in [-0.3, -0.25) is 4.55 Å². The third kappa shape index (κ3) is 2.76. The van der Waals surface area contributed by atoms with Gasteiger partial charge in [0.25, 0.3) is 10.1 Å². The summed E-state index contributed by atoms with van der Waals surface area (Å²) < 4.78 is 33.4. The van der Waals surface area contributed by atoms with Crippen molar-refractivity contribution in [1.29, 1.82) is 0 Å². The number of hydrogen-bond donors (Lipinski definition) is 1. The molecule has 148 valence electrons. The molecule has 5 rings (SSSR count). The molecule has 0 radical (unpaired) electrons. The van der Waals surface area contributed by atoms with Gasteiger partial charge < -0.3 is 0 Å². The topological polar surface area (TPSA) is 80.2 Å². The van der Waals surface area contributed by atoms with E-state index in [-0.39, 0.29) is 0 Å². The maximum absolute atomic E-state index is 11.9. The van der Waals surface area contributed by atoms with E-state index in [2.05, 4.69) is 6.58 Å². The monoisotopic (exact) mass is 414 g/mol. The second kappa shape index (κ2) is 6.58. The molecular weight excluding hydrogens is 396 g/mol. The Morgan fingerprint density at radius 2 is 1.60 bits per heavy atom.